The van der Waals surface area contributed by atoms with E-state index >= 15 is 0 Å². The van der Waals surface area contributed by atoms with E-state index in [4.69, 9.17) is 0 Å². The average molecular weight is 524 g/mol. The van der Waals surface area contributed by atoms with Gasteiger partial charge in [0.05, 0.1) is 16.6 Å². The van der Waals surface area contributed by atoms with Gasteiger partial charge in [-0.05, 0) is 70.6 Å². The molecule has 2 aromatic carbocycles. The molecule has 2 atom stereocenters. The van der Waals surface area contributed by atoms with E-state index in [0.717, 1.165) is 21.1 Å². The molecule has 0 radical (unpaired) electrons. The van der Waals surface area contributed by atoms with Gasteiger partial charge in [0.1, 0.15) is 5.75 Å². The van der Waals surface area contributed by atoms with Gasteiger partial charge in [-0.15, -0.1) is 11.3 Å². The number of aromatic hydroxyl groups is 1. The second-order valence-electron chi connectivity index (χ2n) is 8.82. The molecule has 170 valence electrons. The van der Waals surface area contributed by atoms with Crippen molar-refractivity contribution < 1.29 is 15.0 Å². The van der Waals surface area contributed by atoms with Crippen molar-refractivity contribution in [1.82, 2.24) is 0 Å². The molecule has 0 saturated heterocycles. The highest BCUT2D eigenvalue weighted by Crippen LogP contribution is 2.52. The minimum absolute atomic E-state index is 0.0802. The first-order valence-corrected chi connectivity index (χ1v) is 12.9. The van der Waals surface area contributed by atoms with E-state index in [-0.39, 0.29) is 12.2 Å². The lowest BCUT2D eigenvalue weighted by Crippen LogP contribution is -2.30. The van der Waals surface area contributed by atoms with E-state index in [9.17, 15) is 15.0 Å². The van der Waals surface area contributed by atoms with Gasteiger partial charge in [0.2, 0.25) is 0 Å². The molecule has 0 amide bonds. The van der Waals surface area contributed by atoms with Gasteiger partial charge in [-0.25, -0.2) is 0 Å². The number of carboxylic acids is 1. The van der Waals surface area contributed by atoms with E-state index in [1.54, 1.807) is 0 Å². The Kier molecular flexibility index (Phi) is 6.06. The molecular weight excluding hydrogens is 498 g/mol. The van der Waals surface area contributed by atoms with Crippen LogP contribution in [0.4, 0.5) is 5.69 Å². The summed E-state index contributed by atoms with van der Waals surface area (Å²) in [5.74, 6) is -0.340. The number of fused-ring (bicyclic) bond motifs is 3. The van der Waals surface area contributed by atoms with Crippen molar-refractivity contribution in [3.63, 3.8) is 0 Å². The minimum atomic E-state index is -0.941. The van der Waals surface area contributed by atoms with Gasteiger partial charge in [-0.2, -0.15) is 0 Å². The second-order valence-corrected chi connectivity index (χ2v) is 10.8. The van der Waals surface area contributed by atoms with E-state index in [0.29, 0.717) is 22.1 Å². The molecule has 3 aromatic rings. The van der Waals surface area contributed by atoms with Crippen LogP contribution in [0.2, 0.25) is 0 Å². The number of carbonyl (C=O) groups is 1. The van der Waals surface area contributed by atoms with Crippen LogP contribution in [-0.4, -0.2) is 22.2 Å². The summed E-state index contributed by atoms with van der Waals surface area (Å²) in [5, 5.41) is 20.0. The van der Waals surface area contributed by atoms with Crippen LogP contribution in [0.15, 0.2) is 46.9 Å². The van der Waals surface area contributed by atoms with Crippen molar-refractivity contribution in [3.8, 4) is 5.75 Å². The van der Waals surface area contributed by atoms with Crippen LogP contribution in [0, 0.1) is 0 Å². The molecule has 2 aliphatic rings. The Bertz CT molecular complexity index is 1330. The predicted octanol–water partition coefficient (Wildman–Crippen LogP) is 5.13. The maximum Gasteiger partial charge on any atom is 0.308 e. The number of halogens is 1. The summed E-state index contributed by atoms with van der Waals surface area (Å²) in [6.07, 6.45) is 7.31. The standard InChI is InChI=1S/C27H26BrNO3S/c1-2-23-20(14-25(30)31)27(32)24(33-23)13-17-11-19-18-9-6-10-22(18)29(26(19)21(28)12-17)15-16-7-4-3-5-8-16/h2-5,7-8,11-13,18,22,32H,6,9-10,14-15H2,1H3,(H,30,31)/b23-2?,24-13+. The highest BCUT2D eigenvalue weighted by atomic mass is 79.9. The zero-order valence-electron chi connectivity index (χ0n) is 18.4. The molecule has 2 heterocycles. The van der Waals surface area contributed by atoms with E-state index in [1.165, 1.54) is 47.4 Å². The largest absolute Gasteiger partial charge is 0.506 e. The van der Waals surface area contributed by atoms with Gasteiger partial charge >= 0.3 is 5.97 Å². The maximum atomic E-state index is 11.3. The summed E-state index contributed by atoms with van der Waals surface area (Å²) in [4.78, 5) is 13.8. The Labute approximate surface area is 205 Å². The number of rotatable bonds is 5. The van der Waals surface area contributed by atoms with Crippen LogP contribution in [0.3, 0.4) is 0 Å². The fourth-order valence-corrected chi connectivity index (χ4v) is 7.21. The second kappa shape index (κ2) is 8.99. The van der Waals surface area contributed by atoms with Gasteiger partial charge in [0, 0.05) is 33.1 Å². The van der Waals surface area contributed by atoms with Crippen molar-refractivity contribution >= 4 is 51.1 Å². The molecule has 1 saturated carbocycles. The zero-order valence-corrected chi connectivity index (χ0v) is 20.8. The molecule has 1 aliphatic heterocycles. The summed E-state index contributed by atoms with van der Waals surface area (Å²) in [7, 11) is 0. The predicted molar refractivity (Wildman–Crippen MR) is 137 cm³/mol. The van der Waals surface area contributed by atoms with Crippen molar-refractivity contribution in [3.05, 3.63) is 78.3 Å². The normalized spacial score (nSPS) is 20.4. The fourth-order valence-electron chi connectivity index (χ4n) is 5.43. The summed E-state index contributed by atoms with van der Waals surface area (Å²) < 4.78 is 2.58. The quantitative estimate of drug-likeness (QED) is 0.486. The lowest BCUT2D eigenvalue weighted by molar-refractivity contribution is -0.136. The average Bonchev–Trinajstić information content (AvgIpc) is 3.46. The van der Waals surface area contributed by atoms with Crippen LogP contribution >= 0.6 is 27.3 Å². The third-order valence-electron chi connectivity index (χ3n) is 6.80. The van der Waals surface area contributed by atoms with Gasteiger partial charge in [0.25, 0.3) is 0 Å². The summed E-state index contributed by atoms with van der Waals surface area (Å²) in [6.45, 7) is 2.77. The maximum absolute atomic E-state index is 11.3. The van der Waals surface area contributed by atoms with Crippen LogP contribution < -0.4 is 14.0 Å². The van der Waals surface area contributed by atoms with Gasteiger partial charge in [0.15, 0.2) is 0 Å². The monoisotopic (exact) mass is 523 g/mol. The van der Waals surface area contributed by atoms with Crippen molar-refractivity contribution in [1.29, 1.82) is 0 Å². The molecule has 0 bridgehead atoms. The van der Waals surface area contributed by atoms with Crippen LogP contribution in [0.1, 0.15) is 54.4 Å². The van der Waals surface area contributed by atoms with Gasteiger partial charge in [-0.3, -0.25) is 4.79 Å². The molecule has 5 rings (SSSR count). The molecule has 1 aromatic heterocycles. The van der Waals surface area contributed by atoms with Crippen molar-refractivity contribution in [2.24, 2.45) is 0 Å². The Morgan fingerprint density at radius 2 is 2.00 bits per heavy atom. The molecule has 4 nitrogen and oxygen atoms in total. The Morgan fingerprint density at radius 3 is 2.73 bits per heavy atom. The zero-order chi connectivity index (χ0) is 23.1. The highest BCUT2D eigenvalue weighted by molar-refractivity contribution is 9.10. The highest BCUT2D eigenvalue weighted by Gasteiger charge is 2.42. The molecule has 1 aliphatic carbocycles. The Balaban J connectivity index is 1.58. The number of hydrogen-bond acceptors (Lipinski definition) is 4. The van der Waals surface area contributed by atoms with Crippen LogP contribution in [0.5, 0.6) is 5.75 Å². The molecule has 2 unspecified atom stereocenters. The van der Waals surface area contributed by atoms with E-state index < -0.39 is 5.97 Å². The number of hydrogen-bond donors (Lipinski definition) is 2. The minimum Gasteiger partial charge on any atom is -0.506 e. The first-order valence-electron chi connectivity index (χ1n) is 11.3. The first kappa shape index (κ1) is 22.2. The Hall–Kier alpha value is -2.57. The SMILES string of the molecule is CC=c1s/c(=C/c2cc(Br)c3c(c2)C2CCCC2N3Cc2ccccc2)c(O)c1CC(=O)O. The number of aliphatic carboxylic acids is 1. The lowest BCUT2D eigenvalue weighted by Gasteiger charge is -2.28. The van der Waals surface area contributed by atoms with Crippen molar-refractivity contribution in [2.75, 3.05) is 4.90 Å². The van der Waals surface area contributed by atoms with E-state index in [2.05, 4.69) is 63.3 Å². The number of benzene rings is 2. The number of nitrogens with zero attached hydrogens (tertiary/aromatic N) is 1. The molecule has 33 heavy (non-hydrogen) atoms. The molecular formula is C27H26BrNO3S. The van der Waals surface area contributed by atoms with Crippen LogP contribution in [-0.2, 0) is 17.8 Å². The van der Waals surface area contributed by atoms with Gasteiger partial charge in [-0.1, -0.05) is 42.8 Å². The molecule has 0 spiro atoms. The Morgan fingerprint density at radius 1 is 1.21 bits per heavy atom. The smallest absolute Gasteiger partial charge is 0.308 e. The van der Waals surface area contributed by atoms with Gasteiger partial charge < -0.3 is 15.1 Å². The molecule has 1 fully saturated rings. The number of anilines is 1. The summed E-state index contributed by atoms with van der Waals surface area (Å²) in [6, 6.07) is 15.5. The number of thiophene rings is 1. The molecule has 6 heteroatoms. The first-order chi connectivity index (χ1) is 16.0. The topological polar surface area (TPSA) is 60.8 Å². The molecule has 2 N–H and O–H groups in total. The van der Waals surface area contributed by atoms with E-state index in [1.807, 2.05) is 19.1 Å². The third kappa shape index (κ3) is 4.11. The van der Waals surface area contributed by atoms with Crippen molar-refractivity contribution in [2.45, 2.75) is 51.1 Å². The number of carboxylic acid groups (broad SMARTS) is 1. The summed E-state index contributed by atoms with van der Waals surface area (Å²) in [5.41, 5.74) is 5.49. The van der Waals surface area contributed by atoms with Crippen LogP contribution in [0.25, 0.3) is 12.2 Å². The third-order valence-corrected chi connectivity index (χ3v) is 8.64. The fraction of sp³-hybridized carbons (Fsp3) is 0.296. The lowest BCUT2D eigenvalue weighted by atomic mass is 9.96. The summed E-state index contributed by atoms with van der Waals surface area (Å²) >= 11 is 5.29.